The minimum atomic E-state index is 0.618. The molecule has 0 unspecified atom stereocenters. The predicted molar refractivity (Wildman–Crippen MR) is 105 cm³/mol. The van der Waals surface area contributed by atoms with E-state index in [-0.39, 0.29) is 0 Å². The van der Waals surface area contributed by atoms with E-state index in [2.05, 4.69) is 66.3 Å². The number of rotatable bonds is 5. The average molecular weight is 332 g/mol. The van der Waals surface area contributed by atoms with Crippen molar-refractivity contribution in [2.75, 3.05) is 16.8 Å². The van der Waals surface area contributed by atoms with Crippen LogP contribution in [0.5, 0.6) is 0 Å². The maximum atomic E-state index is 4.73. The van der Waals surface area contributed by atoms with Gasteiger partial charge in [-0.15, -0.1) is 0 Å². The van der Waals surface area contributed by atoms with E-state index in [0.29, 0.717) is 5.95 Å². The number of aromatic nitrogens is 2. The van der Waals surface area contributed by atoms with Crippen LogP contribution in [0.1, 0.15) is 23.7 Å². The summed E-state index contributed by atoms with van der Waals surface area (Å²) in [4.78, 5) is 11.5. The fourth-order valence-corrected chi connectivity index (χ4v) is 2.78. The average Bonchev–Trinajstić information content (AvgIpc) is 2.59. The molecule has 0 bridgehead atoms. The van der Waals surface area contributed by atoms with E-state index in [1.807, 2.05) is 31.2 Å². The van der Waals surface area contributed by atoms with Crippen LogP contribution in [0.15, 0.2) is 54.6 Å². The fraction of sp³-hybridized carbons (Fsp3) is 0.238. The van der Waals surface area contributed by atoms with Crippen molar-refractivity contribution in [3.8, 4) is 0 Å². The van der Waals surface area contributed by atoms with Crippen LogP contribution in [0.3, 0.4) is 0 Å². The lowest BCUT2D eigenvalue weighted by atomic mass is 10.1. The molecule has 1 heterocycles. The Morgan fingerprint density at radius 3 is 2.32 bits per heavy atom. The monoisotopic (exact) mass is 332 g/mol. The van der Waals surface area contributed by atoms with Gasteiger partial charge in [0.25, 0.3) is 0 Å². The Labute approximate surface area is 149 Å². The van der Waals surface area contributed by atoms with Crippen molar-refractivity contribution in [2.45, 2.75) is 27.7 Å². The topological polar surface area (TPSA) is 41.1 Å². The molecule has 1 aromatic heterocycles. The summed E-state index contributed by atoms with van der Waals surface area (Å²) in [7, 11) is 0. The summed E-state index contributed by atoms with van der Waals surface area (Å²) in [6, 6.07) is 18.6. The lowest BCUT2D eigenvalue weighted by Gasteiger charge is -2.23. The Balaban J connectivity index is 1.93. The van der Waals surface area contributed by atoms with Crippen LogP contribution in [0, 0.1) is 20.8 Å². The van der Waals surface area contributed by atoms with E-state index < -0.39 is 0 Å². The number of hydrogen-bond donors (Lipinski definition) is 1. The fourth-order valence-electron chi connectivity index (χ4n) is 2.78. The highest BCUT2D eigenvalue weighted by atomic mass is 15.2. The molecule has 0 aliphatic carbocycles. The Kier molecular flexibility index (Phi) is 4.98. The van der Waals surface area contributed by atoms with Gasteiger partial charge in [0, 0.05) is 29.7 Å². The SMILES string of the molecule is CCN(c1ccccc1)c1cc(C)nc(Nc2ccc(C)c(C)c2)n1. The lowest BCUT2D eigenvalue weighted by Crippen LogP contribution is -2.18. The number of para-hydroxylation sites is 1. The van der Waals surface area contributed by atoms with Crippen molar-refractivity contribution in [3.05, 3.63) is 71.4 Å². The second-order valence-corrected chi connectivity index (χ2v) is 6.19. The molecular formula is C21H24N4. The van der Waals surface area contributed by atoms with Crippen molar-refractivity contribution >= 4 is 23.1 Å². The molecule has 0 radical (unpaired) electrons. The third-order valence-corrected chi connectivity index (χ3v) is 4.26. The van der Waals surface area contributed by atoms with Crippen LogP contribution in [0.2, 0.25) is 0 Å². The second-order valence-electron chi connectivity index (χ2n) is 6.19. The van der Waals surface area contributed by atoms with E-state index in [4.69, 9.17) is 4.98 Å². The Morgan fingerprint density at radius 1 is 0.880 bits per heavy atom. The molecule has 0 spiro atoms. The molecule has 0 saturated heterocycles. The molecule has 3 rings (SSSR count). The van der Waals surface area contributed by atoms with Crippen molar-refractivity contribution in [3.63, 3.8) is 0 Å². The van der Waals surface area contributed by atoms with Crippen molar-refractivity contribution in [2.24, 2.45) is 0 Å². The number of nitrogens with one attached hydrogen (secondary N) is 1. The van der Waals surface area contributed by atoms with Gasteiger partial charge in [-0.25, -0.2) is 4.98 Å². The molecule has 4 heteroatoms. The minimum Gasteiger partial charge on any atom is -0.326 e. The molecule has 3 aromatic rings. The number of nitrogens with zero attached hydrogens (tertiary/aromatic N) is 3. The Bertz CT molecular complexity index is 859. The van der Waals surface area contributed by atoms with Gasteiger partial charge >= 0.3 is 0 Å². The van der Waals surface area contributed by atoms with Gasteiger partial charge in [-0.05, 0) is 63.1 Å². The molecule has 0 aliphatic heterocycles. The Hall–Kier alpha value is -2.88. The summed E-state index contributed by atoms with van der Waals surface area (Å²) < 4.78 is 0. The van der Waals surface area contributed by atoms with Gasteiger partial charge in [-0.2, -0.15) is 4.98 Å². The number of hydrogen-bond acceptors (Lipinski definition) is 4. The summed E-state index contributed by atoms with van der Waals surface area (Å²) in [5, 5.41) is 3.33. The molecule has 0 fully saturated rings. The maximum absolute atomic E-state index is 4.73. The highest BCUT2D eigenvalue weighted by molar-refractivity contribution is 5.63. The molecule has 0 atom stereocenters. The highest BCUT2D eigenvalue weighted by Gasteiger charge is 2.11. The third-order valence-electron chi connectivity index (χ3n) is 4.26. The summed E-state index contributed by atoms with van der Waals surface area (Å²) >= 11 is 0. The molecule has 0 saturated carbocycles. The zero-order chi connectivity index (χ0) is 17.8. The van der Waals surface area contributed by atoms with Gasteiger partial charge in [0.2, 0.25) is 5.95 Å². The minimum absolute atomic E-state index is 0.618. The first kappa shape index (κ1) is 17.0. The molecule has 0 amide bonds. The zero-order valence-corrected chi connectivity index (χ0v) is 15.2. The van der Waals surface area contributed by atoms with E-state index in [9.17, 15) is 0 Å². The van der Waals surface area contributed by atoms with Gasteiger partial charge in [0.15, 0.2) is 0 Å². The second kappa shape index (κ2) is 7.34. The van der Waals surface area contributed by atoms with Crippen molar-refractivity contribution in [1.82, 2.24) is 9.97 Å². The highest BCUT2D eigenvalue weighted by Crippen LogP contribution is 2.25. The summed E-state index contributed by atoms with van der Waals surface area (Å²) in [6.45, 7) is 9.18. The van der Waals surface area contributed by atoms with Crippen molar-refractivity contribution < 1.29 is 0 Å². The molecule has 4 nitrogen and oxygen atoms in total. The molecule has 1 N–H and O–H groups in total. The van der Waals surface area contributed by atoms with Crippen LogP contribution in [0.25, 0.3) is 0 Å². The van der Waals surface area contributed by atoms with E-state index in [1.165, 1.54) is 11.1 Å². The molecular weight excluding hydrogens is 308 g/mol. The summed E-state index contributed by atoms with van der Waals surface area (Å²) in [5.74, 6) is 1.51. The first-order chi connectivity index (χ1) is 12.1. The van der Waals surface area contributed by atoms with Crippen molar-refractivity contribution in [1.29, 1.82) is 0 Å². The van der Waals surface area contributed by atoms with Crippen LogP contribution in [0.4, 0.5) is 23.1 Å². The third kappa shape index (κ3) is 3.97. The van der Waals surface area contributed by atoms with Crippen LogP contribution in [-0.2, 0) is 0 Å². The quantitative estimate of drug-likeness (QED) is 0.688. The van der Waals surface area contributed by atoms with Gasteiger partial charge in [0.1, 0.15) is 5.82 Å². The molecule has 25 heavy (non-hydrogen) atoms. The van der Waals surface area contributed by atoms with Gasteiger partial charge in [0.05, 0.1) is 0 Å². The Morgan fingerprint density at radius 2 is 1.64 bits per heavy atom. The molecule has 128 valence electrons. The molecule has 2 aromatic carbocycles. The number of benzene rings is 2. The smallest absolute Gasteiger partial charge is 0.229 e. The lowest BCUT2D eigenvalue weighted by molar-refractivity contribution is 0.969. The van der Waals surface area contributed by atoms with E-state index in [1.54, 1.807) is 0 Å². The normalized spacial score (nSPS) is 10.6. The van der Waals surface area contributed by atoms with E-state index in [0.717, 1.165) is 29.4 Å². The zero-order valence-electron chi connectivity index (χ0n) is 15.2. The van der Waals surface area contributed by atoms with Crippen LogP contribution in [-0.4, -0.2) is 16.5 Å². The predicted octanol–water partition coefficient (Wildman–Crippen LogP) is 5.30. The first-order valence-electron chi connectivity index (χ1n) is 8.59. The van der Waals surface area contributed by atoms with Gasteiger partial charge in [-0.3, -0.25) is 0 Å². The standard InChI is InChI=1S/C21H24N4/c1-5-25(19-9-7-6-8-10-19)20-14-17(4)22-21(24-20)23-18-12-11-15(2)16(3)13-18/h6-14H,5H2,1-4H3,(H,22,23,24). The largest absolute Gasteiger partial charge is 0.326 e. The summed E-state index contributed by atoms with van der Waals surface area (Å²) in [6.07, 6.45) is 0. The van der Waals surface area contributed by atoms with Crippen LogP contribution >= 0.6 is 0 Å². The summed E-state index contributed by atoms with van der Waals surface area (Å²) in [5.41, 5.74) is 5.59. The molecule has 0 aliphatic rings. The van der Waals surface area contributed by atoms with Gasteiger partial charge in [-0.1, -0.05) is 24.3 Å². The van der Waals surface area contributed by atoms with Crippen LogP contribution < -0.4 is 10.2 Å². The maximum Gasteiger partial charge on any atom is 0.229 e. The number of aryl methyl sites for hydroxylation is 3. The number of anilines is 4. The first-order valence-corrected chi connectivity index (χ1v) is 8.59. The van der Waals surface area contributed by atoms with Gasteiger partial charge < -0.3 is 10.2 Å². The van der Waals surface area contributed by atoms with E-state index >= 15 is 0 Å².